The zero-order valence-corrected chi connectivity index (χ0v) is 12.9. The molecular formula is C14H16N4O3S. The predicted molar refractivity (Wildman–Crippen MR) is 87.0 cm³/mol. The van der Waals surface area contributed by atoms with Gasteiger partial charge in [0.25, 0.3) is 5.69 Å². The van der Waals surface area contributed by atoms with Gasteiger partial charge in [0.2, 0.25) is 5.78 Å². The SMILES string of the molecule is C=CCNN1CC(C)=C(C(=O)c2ccc(N)c([N+](=O)[O-])c2)S1. The Morgan fingerprint density at radius 2 is 2.36 bits per heavy atom. The Morgan fingerprint density at radius 1 is 1.64 bits per heavy atom. The molecule has 0 saturated carbocycles. The molecular weight excluding hydrogens is 304 g/mol. The van der Waals surface area contributed by atoms with Gasteiger partial charge < -0.3 is 5.73 Å². The minimum absolute atomic E-state index is 0.0422. The molecule has 0 radical (unpaired) electrons. The molecule has 3 N–H and O–H groups in total. The first-order valence-electron chi connectivity index (χ1n) is 6.52. The van der Waals surface area contributed by atoms with Crippen LogP contribution in [0.5, 0.6) is 0 Å². The number of Topliss-reactive ketones (excluding diaryl/α,β-unsaturated/α-hetero) is 1. The highest BCUT2D eigenvalue weighted by molar-refractivity contribution is 8.02. The number of hydrogen-bond acceptors (Lipinski definition) is 7. The summed E-state index contributed by atoms with van der Waals surface area (Å²) in [5.41, 5.74) is 9.60. The second-order valence-corrected chi connectivity index (χ2v) is 5.78. The Morgan fingerprint density at radius 3 is 3.00 bits per heavy atom. The van der Waals surface area contributed by atoms with Gasteiger partial charge in [-0.2, -0.15) is 4.41 Å². The van der Waals surface area contributed by atoms with E-state index in [1.165, 1.54) is 30.1 Å². The van der Waals surface area contributed by atoms with Gasteiger partial charge in [-0.1, -0.05) is 6.08 Å². The lowest BCUT2D eigenvalue weighted by molar-refractivity contribution is -0.383. The lowest BCUT2D eigenvalue weighted by Crippen LogP contribution is -2.30. The summed E-state index contributed by atoms with van der Waals surface area (Å²) in [5.74, 6) is -0.242. The Labute approximate surface area is 132 Å². The first-order valence-corrected chi connectivity index (χ1v) is 7.29. The monoisotopic (exact) mass is 320 g/mol. The fourth-order valence-electron chi connectivity index (χ4n) is 1.97. The van der Waals surface area contributed by atoms with E-state index in [4.69, 9.17) is 5.73 Å². The van der Waals surface area contributed by atoms with Crippen molar-refractivity contribution in [3.8, 4) is 0 Å². The van der Waals surface area contributed by atoms with Crippen molar-refractivity contribution >= 4 is 29.1 Å². The quantitative estimate of drug-likeness (QED) is 0.207. The Kier molecular flexibility index (Phi) is 4.96. The molecule has 0 spiro atoms. The summed E-state index contributed by atoms with van der Waals surface area (Å²) < 4.78 is 1.83. The lowest BCUT2D eigenvalue weighted by Gasteiger charge is -2.14. The molecule has 0 bridgehead atoms. The van der Waals surface area contributed by atoms with Gasteiger partial charge in [-0.15, -0.1) is 6.58 Å². The summed E-state index contributed by atoms with van der Waals surface area (Å²) in [4.78, 5) is 23.4. The molecule has 1 heterocycles. The molecule has 0 fully saturated rings. The molecule has 7 nitrogen and oxygen atoms in total. The van der Waals surface area contributed by atoms with Crippen LogP contribution in [0.25, 0.3) is 0 Å². The van der Waals surface area contributed by atoms with Gasteiger partial charge in [0, 0.05) is 24.7 Å². The fraction of sp³-hybridized carbons (Fsp3) is 0.214. The zero-order chi connectivity index (χ0) is 16.3. The number of nitrogens with one attached hydrogen (secondary N) is 1. The molecule has 1 aromatic rings. The molecule has 0 amide bonds. The summed E-state index contributed by atoms with van der Waals surface area (Å²) in [6, 6.07) is 4.11. The third kappa shape index (κ3) is 3.35. The standard InChI is InChI=1S/C14H16N4O3S/c1-3-6-16-17-8-9(2)14(22-17)13(19)10-4-5-11(15)12(7-10)18(20)21/h3-5,7,16H,1,6,8,15H2,2H3. The number of carbonyl (C=O) groups is 1. The third-order valence-corrected chi connectivity index (χ3v) is 4.27. The van der Waals surface area contributed by atoms with E-state index < -0.39 is 4.92 Å². The number of nitro groups is 1. The van der Waals surface area contributed by atoms with Crippen molar-refractivity contribution in [2.24, 2.45) is 0 Å². The number of rotatable bonds is 6. The molecule has 1 aliphatic rings. The number of nitrogens with zero attached hydrogens (tertiary/aromatic N) is 2. The van der Waals surface area contributed by atoms with E-state index in [2.05, 4.69) is 12.0 Å². The van der Waals surface area contributed by atoms with E-state index in [1.54, 1.807) is 6.08 Å². The van der Waals surface area contributed by atoms with Crippen molar-refractivity contribution < 1.29 is 9.72 Å². The highest BCUT2D eigenvalue weighted by Crippen LogP contribution is 2.34. The predicted octanol–water partition coefficient (Wildman–Crippen LogP) is 2.29. The van der Waals surface area contributed by atoms with E-state index in [9.17, 15) is 14.9 Å². The van der Waals surface area contributed by atoms with Crippen molar-refractivity contribution in [1.29, 1.82) is 0 Å². The molecule has 2 rings (SSSR count). The molecule has 116 valence electrons. The van der Waals surface area contributed by atoms with Crippen LogP contribution in [-0.2, 0) is 0 Å². The van der Waals surface area contributed by atoms with Crippen LogP contribution in [0.1, 0.15) is 17.3 Å². The number of hydrazine groups is 1. The second-order valence-electron chi connectivity index (χ2n) is 4.75. The average Bonchev–Trinajstić information content (AvgIpc) is 2.85. The number of carbonyl (C=O) groups excluding carboxylic acids is 1. The number of anilines is 1. The summed E-state index contributed by atoms with van der Waals surface area (Å²) in [5, 5.41) is 10.9. The van der Waals surface area contributed by atoms with Crippen molar-refractivity contribution in [2.75, 3.05) is 18.8 Å². The molecule has 1 aromatic carbocycles. The van der Waals surface area contributed by atoms with Gasteiger partial charge in [-0.05, 0) is 36.6 Å². The summed E-state index contributed by atoms with van der Waals surface area (Å²) >= 11 is 1.28. The highest BCUT2D eigenvalue weighted by Gasteiger charge is 2.27. The van der Waals surface area contributed by atoms with Crippen molar-refractivity contribution in [1.82, 2.24) is 9.84 Å². The molecule has 0 unspecified atom stereocenters. The first kappa shape index (κ1) is 16.2. The molecule has 0 atom stereocenters. The number of allylic oxidation sites excluding steroid dienone is 1. The van der Waals surface area contributed by atoms with Crippen LogP contribution < -0.4 is 11.2 Å². The van der Waals surface area contributed by atoms with Gasteiger partial charge in [-0.25, -0.2) is 5.43 Å². The molecule has 0 saturated heterocycles. The van der Waals surface area contributed by atoms with E-state index in [0.717, 1.165) is 5.57 Å². The van der Waals surface area contributed by atoms with E-state index >= 15 is 0 Å². The average molecular weight is 320 g/mol. The van der Waals surface area contributed by atoms with E-state index in [1.807, 2.05) is 11.3 Å². The van der Waals surface area contributed by atoms with Gasteiger partial charge in [0.1, 0.15) is 5.69 Å². The molecule has 0 aromatic heterocycles. The summed E-state index contributed by atoms with van der Waals surface area (Å²) in [6.07, 6.45) is 1.72. The highest BCUT2D eigenvalue weighted by atomic mass is 32.2. The minimum atomic E-state index is -0.590. The molecule has 1 aliphatic heterocycles. The lowest BCUT2D eigenvalue weighted by atomic mass is 10.1. The topological polar surface area (TPSA) is 102 Å². The van der Waals surface area contributed by atoms with Crippen molar-refractivity contribution in [2.45, 2.75) is 6.92 Å². The Hall–Kier alpha value is -2.16. The number of ketones is 1. The largest absolute Gasteiger partial charge is 0.393 e. The summed E-state index contributed by atoms with van der Waals surface area (Å²) in [6.45, 7) is 6.67. The van der Waals surface area contributed by atoms with Crippen LogP contribution in [0.3, 0.4) is 0 Å². The van der Waals surface area contributed by atoms with Crippen molar-refractivity contribution in [3.05, 3.63) is 57.0 Å². The van der Waals surface area contributed by atoms with Gasteiger partial charge >= 0.3 is 0 Å². The normalized spacial score (nSPS) is 15.1. The maximum atomic E-state index is 12.5. The van der Waals surface area contributed by atoms with Crippen LogP contribution in [0.4, 0.5) is 11.4 Å². The smallest absolute Gasteiger partial charge is 0.292 e. The second kappa shape index (κ2) is 6.73. The van der Waals surface area contributed by atoms with Crippen molar-refractivity contribution in [3.63, 3.8) is 0 Å². The zero-order valence-electron chi connectivity index (χ0n) is 12.0. The first-order chi connectivity index (χ1) is 10.4. The van der Waals surface area contributed by atoms with E-state index in [0.29, 0.717) is 18.0 Å². The Bertz CT molecular complexity index is 672. The molecule has 22 heavy (non-hydrogen) atoms. The number of nitro benzene ring substituents is 1. The number of nitrogen functional groups attached to an aromatic ring is 1. The van der Waals surface area contributed by atoms with Gasteiger partial charge in [0.15, 0.2) is 0 Å². The fourth-order valence-corrected chi connectivity index (χ4v) is 3.01. The maximum Gasteiger partial charge on any atom is 0.292 e. The van der Waals surface area contributed by atoms with Crippen LogP contribution in [-0.4, -0.2) is 28.2 Å². The third-order valence-electron chi connectivity index (χ3n) is 3.08. The number of hydrogen-bond donors (Lipinski definition) is 2. The van der Waals surface area contributed by atoms with Crippen LogP contribution in [0, 0.1) is 10.1 Å². The Balaban J connectivity index is 2.22. The number of nitrogens with two attached hydrogens (primary N) is 1. The molecule has 8 heteroatoms. The maximum absolute atomic E-state index is 12.5. The van der Waals surface area contributed by atoms with Crippen LogP contribution >= 0.6 is 11.9 Å². The van der Waals surface area contributed by atoms with E-state index in [-0.39, 0.29) is 22.7 Å². The van der Waals surface area contributed by atoms with Crippen LogP contribution in [0.2, 0.25) is 0 Å². The van der Waals surface area contributed by atoms with Gasteiger partial charge in [0.05, 0.1) is 9.83 Å². The molecule has 0 aliphatic carbocycles. The minimum Gasteiger partial charge on any atom is -0.393 e. The summed E-state index contributed by atoms with van der Waals surface area (Å²) in [7, 11) is 0. The van der Waals surface area contributed by atoms with Crippen LogP contribution in [0.15, 0.2) is 41.3 Å². The van der Waals surface area contributed by atoms with Gasteiger partial charge in [-0.3, -0.25) is 14.9 Å². The number of benzene rings is 1.